The normalized spacial score (nSPS) is 10.6. The lowest BCUT2D eigenvalue weighted by molar-refractivity contribution is -0.119. The average Bonchev–Trinajstić information content (AvgIpc) is 2.81. The minimum atomic E-state index is -0.0793. The van der Waals surface area contributed by atoms with Gasteiger partial charge in [0.15, 0.2) is 0 Å². The monoisotopic (exact) mass is 304 g/mol. The highest BCUT2D eigenvalue weighted by Crippen LogP contribution is 2.15. The van der Waals surface area contributed by atoms with Gasteiger partial charge in [-0.3, -0.25) is 14.2 Å². The number of rotatable bonds is 6. The van der Waals surface area contributed by atoms with E-state index in [1.165, 1.54) is 4.57 Å². The maximum Gasteiger partial charge on any atom is 0.307 e. The summed E-state index contributed by atoms with van der Waals surface area (Å²) in [4.78, 5) is 26.0. The summed E-state index contributed by atoms with van der Waals surface area (Å²) in [5.74, 6) is -0.0433. The van der Waals surface area contributed by atoms with Gasteiger partial charge >= 0.3 is 4.87 Å². The van der Waals surface area contributed by atoms with Gasteiger partial charge in [-0.1, -0.05) is 42.9 Å². The van der Waals surface area contributed by atoms with Crippen LogP contribution in [0.5, 0.6) is 0 Å². The van der Waals surface area contributed by atoms with Gasteiger partial charge in [0, 0.05) is 23.3 Å². The molecule has 0 radical (unpaired) electrons. The third-order valence-electron chi connectivity index (χ3n) is 3.37. The highest BCUT2D eigenvalue weighted by Gasteiger charge is 2.17. The summed E-state index contributed by atoms with van der Waals surface area (Å²) in [5.41, 5.74) is 1.72. The van der Waals surface area contributed by atoms with E-state index in [-0.39, 0.29) is 17.3 Å². The van der Waals surface area contributed by atoms with Gasteiger partial charge in [0.2, 0.25) is 5.91 Å². The highest BCUT2D eigenvalue weighted by atomic mass is 32.1. The van der Waals surface area contributed by atoms with Crippen LogP contribution >= 0.6 is 11.3 Å². The number of carbonyl (C=O) groups is 1. The van der Waals surface area contributed by atoms with Crippen molar-refractivity contribution >= 4 is 22.9 Å². The summed E-state index contributed by atoms with van der Waals surface area (Å²) >= 11 is 1.14. The number of anilines is 1. The Labute approximate surface area is 128 Å². The van der Waals surface area contributed by atoms with E-state index < -0.39 is 0 Å². The molecule has 2 aromatic rings. The van der Waals surface area contributed by atoms with Crippen LogP contribution < -0.4 is 9.77 Å². The van der Waals surface area contributed by atoms with Crippen LogP contribution in [0, 0.1) is 6.92 Å². The first-order valence-electron chi connectivity index (χ1n) is 7.13. The number of aryl methyl sites for hydroxylation is 1. The van der Waals surface area contributed by atoms with Crippen LogP contribution in [0.25, 0.3) is 0 Å². The van der Waals surface area contributed by atoms with Crippen molar-refractivity contribution in [1.29, 1.82) is 0 Å². The third kappa shape index (κ3) is 3.82. The molecule has 0 aliphatic carbocycles. The summed E-state index contributed by atoms with van der Waals surface area (Å²) in [7, 11) is 0. The number of aromatic nitrogens is 1. The number of para-hydroxylation sites is 1. The molecule has 0 unspecified atom stereocenters. The van der Waals surface area contributed by atoms with Crippen LogP contribution in [-0.2, 0) is 11.3 Å². The molecule has 0 saturated heterocycles. The van der Waals surface area contributed by atoms with E-state index in [4.69, 9.17) is 0 Å². The fraction of sp³-hybridized carbons (Fsp3) is 0.375. The Morgan fingerprint density at radius 1 is 1.29 bits per heavy atom. The van der Waals surface area contributed by atoms with Gasteiger partial charge in [-0.2, -0.15) is 0 Å². The number of unbranched alkanes of at least 4 members (excludes halogenated alkanes) is 1. The highest BCUT2D eigenvalue weighted by molar-refractivity contribution is 7.07. The van der Waals surface area contributed by atoms with Crippen molar-refractivity contribution in [3.05, 3.63) is 51.1 Å². The standard InChI is InChI=1S/C16H20N2O2S/c1-3-4-10-17(14-8-6-5-7-9-14)15(19)11-18-13(2)12-21-16(18)20/h5-9,12H,3-4,10-11H2,1-2H3. The molecule has 1 amide bonds. The van der Waals surface area contributed by atoms with E-state index in [2.05, 4.69) is 6.92 Å². The fourth-order valence-electron chi connectivity index (χ4n) is 2.14. The van der Waals surface area contributed by atoms with Crippen LogP contribution in [0.3, 0.4) is 0 Å². The predicted octanol–water partition coefficient (Wildman–Crippen LogP) is 3.05. The van der Waals surface area contributed by atoms with Crippen molar-refractivity contribution in [3.8, 4) is 0 Å². The number of amides is 1. The Bertz CT molecular complexity index is 646. The van der Waals surface area contributed by atoms with E-state index in [1.807, 2.05) is 37.3 Å². The topological polar surface area (TPSA) is 42.3 Å². The molecule has 0 fully saturated rings. The molecule has 5 heteroatoms. The first kappa shape index (κ1) is 15.5. The zero-order valence-electron chi connectivity index (χ0n) is 12.4. The first-order valence-corrected chi connectivity index (χ1v) is 8.01. The van der Waals surface area contributed by atoms with E-state index in [0.29, 0.717) is 6.54 Å². The molecule has 0 spiro atoms. The van der Waals surface area contributed by atoms with E-state index in [0.717, 1.165) is 35.6 Å². The lowest BCUT2D eigenvalue weighted by Crippen LogP contribution is -2.36. The van der Waals surface area contributed by atoms with Crippen molar-refractivity contribution in [2.75, 3.05) is 11.4 Å². The number of nitrogens with zero attached hydrogens (tertiary/aromatic N) is 2. The maximum atomic E-state index is 12.6. The first-order chi connectivity index (χ1) is 10.1. The van der Waals surface area contributed by atoms with E-state index in [1.54, 1.807) is 10.3 Å². The Morgan fingerprint density at radius 2 is 2.00 bits per heavy atom. The molecule has 0 aliphatic heterocycles. The Kier molecular flexibility index (Phi) is 5.33. The van der Waals surface area contributed by atoms with Crippen LogP contribution in [-0.4, -0.2) is 17.0 Å². The van der Waals surface area contributed by atoms with Crippen molar-refractivity contribution in [2.45, 2.75) is 33.2 Å². The van der Waals surface area contributed by atoms with Gasteiger partial charge in [-0.15, -0.1) is 0 Å². The SMILES string of the molecule is CCCCN(C(=O)Cn1c(C)csc1=O)c1ccccc1. The van der Waals surface area contributed by atoms with Crippen molar-refractivity contribution in [3.63, 3.8) is 0 Å². The summed E-state index contributed by atoms with van der Waals surface area (Å²) < 4.78 is 1.54. The summed E-state index contributed by atoms with van der Waals surface area (Å²) in [6.07, 6.45) is 1.96. The minimum absolute atomic E-state index is 0.0433. The van der Waals surface area contributed by atoms with Gasteiger partial charge in [0.05, 0.1) is 0 Å². The number of thiazole rings is 1. The van der Waals surface area contributed by atoms with Gasteiger partial charge in [0.1, 0.15) is 6.54 Å². The van der Waals surface area contributed by atoms with Crippen molar-refractivity contribution in [1.82, 2.24) is 4.57 Å². The van der Waals surface area contributed by atoms with Gasteiger partial charge in [0.25, 0.3) is 0 Å². The minimum Gasteiger partial charge on any atom is -0.311 e. The fourth-order valence-corrected chi connectivity index (χ4v) is 2.87. The summed E-state index contributed by atoms with van der Waals surface area (Å²) in [5, 5.41) is 1.79. The molecule has 1 aromatic heterocycles. The molecular weight excluding hydrogens is 284 g/mol. The largest absolute Gasteiger partial charge is 0.311 e. The van der Waals surface area contributed by atoms with Crippen LogP contribution in [0.4, 0.5) is 5.69 Å². The van der Waals surface area contributed by atoms with E-state index in [9.17, 15) is 9.59 Å². The van der Waals surface area contributed by atoms with Crippen molar-refractivity contribution in [2.24, 2.45) is 0 Å². The lowest BCUT2D eigenvalue weighted by atomic mass is 10.2. The number of benzene rings is 1. The Morgan fingerprint density at radius 3 is 2.57 bits per heavy atom. The van der Waals surface area contributed by atoms with Crippen LogP contribution in [0.2, 0.25) is 0 Å². The molecule has 0 N–H and O–H groups in total. The third-order valence-corrected chi connectivity index (χ3v) is 4.25. The molecule has 0 saturated carbocycles. The molecule has 2 rings (SSSR count). The molecule has 0 bridgehead atoms. The number of carbonyl (C=O) groups excluding carboxylic acids is 1. The summed E-state index contributed by atoms with van der Waals surface area (Å²) in [6, 6.07) is 9.63. The van der Waals surface area contributed by atoms with Gasteiger partial charge in [-0.05, 0) is 25.5 Å². The summed E-state index contributed by atoms with van der Waals surface area (Å²) in [6.45, 7) is 4.73. The van der Waals surface area contributed by atoms with Crippen LogP contribution in [0.1, 0.15) is 25.5 Å². The van der Waals surface area contributed by atoms with Gasteiger partial charge in [-0.25, -0.2) is 0 Å². The smallest absolute Gasteiger partial charge is 0.307 e. The van der Waals surface area contributed by atoms with Crippen molar-refractivity contribution < 1.29 is 4.79 Å². The molecule has 21 heavy (non-hydrogen) atoms. The van der Waals surface area contributed by atoms with Gasteiger partial charge < -0.3 is 4.90 Å². The predicted molar refractivity (Wildman–Crippen MR) is 87.0 cm³/mol. The quantitative estimate of drug-likeness (QED) is 0.823. The molecule has 1 aromatic carbocycles. The number of hydrogen-bond acceptors (Lipinski definition) is 3. The second-order valence-electron chi connectivity index (χ2n) is 4.96. The average molecular weight is 304 g/mol. The maximum absolute atomic E-state index is 12.6. The van der Waals surface area contributed by atoms with E-state index >= 15 is 0 Å². The zero-order chi connectivity index (χ0) is 15.2. The second-order valence-corrected chi connectivity index (χ2v) is 5.78. The lowest BCUT2D eigenvalue weighted by Gasteiger charge is -2.23. The molecule has 1 heterocycles. The second kappa shape index (κ2) is 7.22. The number of hydrogen-bond donors (Lipinski definition) is 0. The molecule has 112 valence electrons. The molecule has 0 aliphatic rings. The molecular formula is C16H20N2O2S. The Balaban J connectivity index is 2.21. The van der Waals surface area contributed by atoms with Crippen LogP contribution in [0.15, 0.2) is 40.5 Å². The molecule has 0 atom stereocenters. The molecule has 4 nitrogen and oxygen atoms in total. The zero-order valence-corrected chi connectivity index (χ0v) is 13.2. The Hall–Kier alpha value is -1.88.